The number of carbonyl (C=O) groups excluding carboxylic acids is 1. The van der Waals surface area contributed by atoms with E-state index in [0.717, 1.165) is 5.56 Å². The number of anilines is 1. The second kappa shape index (κ2) is 8.68. The SMILES string of the molecule is COc1ccc(CCN2CC(=O)N(c3ccc(Cl)cc3)[C@@H]3CS(=O)(=O)C[C@@H]32)cc1OC. The number of hydrogen-bond acceptors (Lipinski definition) is 6. The van der Waals surface area contributed by atoms with Crippen molar-refractivity contribution in [2.45, 2.75) is 18.5 Å². The maximum Gasteiger partial charge on any atom is 0.241 e. The van der Waals surface area contributed by atoms with Crippen LogP contribution in [0.2, 0.25) is 5.02 Å². The van der Waals surface area contributed by atoms with E-state index in [-0.39, 0.29) is 30.0 Å². The van der Waals surface area contributed by atoms with E-state index in [4.69, 9.17) is 21.1 Å². The number of methoxy groups -OCH3 is 2. The average molecular weight is 465 g/mol. The van der Waals surface area contributed by atoms with Gasteiger partial charge < -0.3 is 14.4 Å². The van der Waals surface area contributed by atoms with Crippen molar-refractivity contribution in [3.63, 3.8) is 0 Å². The van der Waals surface area contributed by atoms with Crippen molar-refractivity contribution in [2.75, 3.05) is 43.7 Å². The Balaban J connectivity index is 1.55. The Bertz CT molecular complexity index is 1070. The Morgan fingerprint density at radius 3 is 2.35 bits per heavy atom. The summed E-state index contributed by atoms with van der Waals surface area (Å²) in [5.74, 6) is 1.22. The summed E-state index contributed by atoms with van der Waals surface area (Å²) in [6, 6.07) is 12.0. The van der Waals surface area contributed by atoms with Crippen LogP contribution in [0, 0.1) is 0 Å². The first-order valence-electron chi connectivity index (χ1n) is 10.0. The highest BCUT2D eigenvalue weighted by molar-refractivity contribution is 7.91. The first kappa shape index (κ1) is 21.9. The summed E-state index contributed by atoms with van der Waals surface area (Å²) in [4.78, 5) is 16.7. The molecule has 0 aliphatic carbocycles. The number of carbonyl (C=O) groups is 1. The number of rotatable bonds is 6. The molecule has 0 saturated carbocycles. The molecule has 0 unspecified atom stereocenters. The molecule has 0 bridgehead atoms. The zero-order chi connectivity index (χ0) is 22.2. The standard InChI is InChI=1S/C22H25ClN2O5S/c1-29-20-8-3-15(11-21(20)30-2)9-10-24-12-22(26)25(17-6-4-16(23)5-7-17)19-14-31(27,28)13-18(19)24/h3-8,11,18-19H,9-10,12-14H2,1-2H3/t18-,19+/m0/s1. The van der Waals surface area contributed by atoms with Gasteiger partial charge in [0.2, 0.25) is 5.91 Å². The van der Waals surface area contributed by atoms with Gasteiger partial charge in [0, 0.05) is 23.3 Å². The molecule has 2 aromatic rings. The van der Waals surface area contributed by atoms with Crippen molar-refractivity contribution >= 4 is 33.0 Å². The normalized spacial score (nSPS) is 22.9. The maximum absolute atomic E-state index is 13.1. The topological polar surface area (TPSA) is 76.2 Å². The van der Waals surface area contributed by atoms with Crippen LogP contribution in [-0.2, 0) is 21.1 Å². The monoisotopic (exact) mass is 464 g/mol. The van der Waals surface area contributed by atoms with E-state index in [2.05, 4.69) is 0 Å². The Hall–Kier alpha value is -2.29. The predicted molar refractivity (Wildman–Crippen MR) is 120 cm³/mol. The lowest BCUT2D eigenvalue weighted by Crippen LogP contribution is -2.62. The molecule has 1 amide bonds. The van der Waals surface area contributed by atoms with E-state index < -0.39 is 15.9 Å². The molecule has 2 atom stereocenters. The number of nitrogens with zero attached hydrogens (tertiary/aromatic N) is 2. The van der Waals surface area contributed by atoms with E-state index >= 15 is 0 Å². The van der Waals surface area contributed by atoms with Crippen molar-refractivity contribution in [1.82, 2.24) is 4.90 Å². The number of fused-ring (bicyclic) bond motifs is 1. The zero-order valence-electron chi connectivity index (χ0n) is 17.5. The van der Waals surface area contributed by atoms with Crippen LogP contribution >= 0.6 is 11.6 Å². The number of hydrogen-bond donors (Lipinski definition) is 0. The molecule has 9 heteroatoms. The van der Waals surface area contributed by atoms with Gasteiger partial charge in [0.25, 0.3) is 0 Å². The van der Waals surface area contributed by atoms with Crippen molar-refractivity contribution in [3.8, 4) is 11.5 Å². The second-order valence-electron chi connectivity index (χ2n) is 7.86. The van der Waals surface area contributed by atoms with Crippen LogP contribution in [0.1, 0.15) is 5.56 Å². The molecule has 2 aliphatic rings. The first-order chi connectivity index (χ1) is 14.8. The van der Waals surface area contributed by atoms with Gasteiger partial charge in [-0.05, 0) is 48.4 Å². The quantitative estimate of drug-likeness (QED) is 0.653. The molecule has 4 rings (SSSR count). The summed E-state index contributed by atoms with van der Waals surface area (Å²) in [5, 5.41) is 0.570. The Labute approximate surface area is 187 Å². The molecule has 2 fully saturated rings. The number of piperazine rings is 1. The van der Waals surface area contributed by atoms with Crippen molar-refractivity contribution < 1.29 is 22.7 Å². The molecule has 2 aromatic carbocycles. The van der Waals surface area contributed by atoms with Gasteiger partial charge in [0.05, 0.1) is 38.3 Å². The van der Waals surface area contributed by atoms with E-state index in [1.807, 2.05) is 23.1 Å². The minimum Gasteiger partial charge on any atom is -0.493 e. The third-order valence-electron chi connectivity index (χ3n) is 5.94. The summed E-state index contributed by atoms with van der Waals surface area (Å²) in [6.07, 6.45) is 0.665. The van der Waals surface area contributed by atoms with Gasteiger partial charge in [0.1, 0.15) is 0 Å². The molecule has 0 radical (unpaired) electrons. The van der Waals surface area contributed by atoms with E-state index in [0.29, 0.717) is 35.2 Å². The molecule has 0 N–H and O–H groups in total. The van der Waals surface area contributed by atoms with Gasteiger partial charge in [-0.2, -0.15) is 0 Å². The molecular formula is C22H25ClN2O5S. The number of halogens is 1. The Kier molecular flexibility index (Phi) is 6.14. The number of benzene rings is 2. The highest BCUT2D eigenvalue weighted by Crippen LogP contribution is 2.33. The van der Waals surface area contributed by atoms with Gasteiger partial charge in [0.15, 0.2) is 21.3 Å². The lowest BCUT2D eigenvalue weighted by molar-refractivity contribution is -0.123. The lowest BCUT2D eigenvalue weighted by Gasteiger charge is -2.43. The van der Waals surface area contributed by atoms with Crippen LogP contribution in [0.4, 0.5) is 5.69 Å². The summed E-state index contributed by atoms with van der Waals surface area (Å²) < 4.78 is 35.6. The molecule has 2 aliphatic heterocycles. The molecule has 2 heterocycles. The lowest BCUT2D eigenvalue weighted by atomic mass is 10.0. The number of sulfone groups is 1. The summed E-state index contributed by atoms with van der Waals surface area (Å²) in [7, 11) is -0.0602. The number of amides is 1. The molecule has 166 valence electrons. The Morgan fingerprint density at radius 2 is 1.68 bits per heavy atom. The van der Waals surface area contributed by atoms with E-state index in [9.17, 15) is 13.2 Å². The largest absolute Gasteiger partial charge is 0.493 e. The fraction of sp³-hybridized carbons (Fsp3) is 0.409. The van der Waals surface area contributed by atoms with Crippen molar-refractivity contribution in [1.29, 1.82) is 0 Å². The van der Waals surface area contributed by atoms with Crippen molar-refractivity contribution in [2.24, 2.45) is 0 Å². The average Bonchev–Trinajstić information content (AvgIpc) is 3.07. The second-order valence-corrected chi connectivity index (χ2v) is 10.5. The van der Waals surface area contributed by atoms with Crippen LogP contribution in [0.3, 0.4) is 0 Å². The van der Waals surface area contributed by atoms with Gasteiger partial charge >= 0.3 is 0 Å². The Morgan fingerprint density at radius 1 is 1.00 bits per heavy atom. The predicted octanol–water partition coefficient (Wildman–Crippen LogP) is 2.41. The fourth-order valence-corrected chi connectivity index (χ4v) is 6.56. The fourth-order valence-electron chi connectivity index (χ4n) is 4.45. The molecule has 31 heavy (non-hydrogen) atoms. The van der Waals surface area contributed by atoms with E-state index in [1.54, 1.807) is 43.4 Å². The molecule has 2 saturated heterocycles. The summed E-state index contributed by atoms with van der Waals surface area (Å²) in [5.41, 5.74) is 1.71. The summed E-state index contributed by atoms with van der Waals surface area (Å²) >= 11 is 5.98. The van der Waals surface area contributed by atoms with Crippen LogP contribution < -0.4 is 14.4 Å². The summed E-state index contributed by atoms with van der Waals surface area (Å²) in [6.45, 7) is 0.749. The number of ether oxygens (including phenoxy) is 2. The smallest absolute Gasteiger partial charge is 0.241 e. The van der Waals surface area contributed by atoms with Crippen LogP contribution in [-0.4, -0.2) is 70.1 Å². The zero-order valence-corrected chi connectivity index (χ0v) is 19.0. The molecule has 0 spiro atoms. The highest BCUT2D eigenvalue weighted by atomic mass is 35.5. The minimum atomic E-state index is -3.24. The molecular weight excluding hydrogens is 440 g/mol. The van der Waals surface area contributed by atoms with Crippen LogP contribution in [0.15, 0.2) is 42.5 Å². The minimum absolute atomic E-state index is 0.0289. The van der Waals surface area contributed by atoms with Crippen LogP contribution in [0.5, 0.6) is 11.5 Å². The van der Waals surface area contributed by atoms with Gasteiger partial charge in [-0.15, -0.1) is 0 Å². The van der Waals surface area contributed by atoms with Gasteiger partial charge in [-0.1, -0.05) is 17.7 Å². The maximum atomic E-state index is 13.1. The molecule has 0 aromatic heterocycles. The third-order valence-corrected chi connectivity index (χ3v) is 7.89. The molecule has 7 nitrogen and oxygen atoms in total. The highest BCUT2D eigenvalue weighted by Gasteiger charge is 2.49. The van der Waals surface area contributed by atoms with Gasteiger partial charge in [-0.25, -0.2) is 8.42 Å². The van der Waals surface area contributed by atoms with E-state index in [1.165, 1.54) is 0 Å². The third kappa shape index (κ3) is 4.51. The van der Waals surface area contributed by atoms with Gasteiger partial charge in [-0.3, -0.25) is 9.69 Å². The van der Waals surface area contributed by atoms with Crippen molar-refractivity contribution in [3.05, 3.63) is 53.1 Å². The first-order valence-corrected chi connectivity index (χ1v) is 12.2. The van der Waals surface area contributed by atoms with Crippen LogP contribution in [0.25, 0.3) is 0 Å².